The molecule has 0 radical (unpaired) electrons. The van der Waals surface area contributed by atoms with Gasteiger partial charge in [0.2, 0.25) is 5.91 Å². The number of hydrogen-bond donors (Lipinski definition) is 0. The molecule has 0 spiro atoms. The summed E-state index contributed by atoms with van der Waals surface area (Å²) in [7, 11) is 2.09. The fraction of sp³-hybridized carbons (Fsp3) is 0.552. The zero-order chi connectivity index (χ0) is 25.7. The number of benzene rings is 2. The number of ether oxygens (including phenoxy) is 1. The molecule has 2 saturated heterocycles. The molecule has 0 aromatic heterocycles. The van der Waals surface area contributed by atoms with Crippen LogP contribution >= 0.6 is 0 Å². The van der Waals surface area contributed by atoms with Gasteiger partial charge in [0.1, 0.15) is 11.6 Å². The molecule has 5 nitrogen and oxygen atoms in total. The van der Waals surface area contributed by atoms with Gasteiger partial charge in [-0.05, 0) is 67.6 Å². The highest BCUT2D eigenvalue weighted by molar-refractivity contribution is 5.82. The van der Waals surface area contributed by atoms with Crippen molar-refractivity contribution in [2.45, 2.75) is 51.2 Å². The van der Waals surface area contributed by atoms with Crippen molar-refractivity contribution >= 4 is 5.91 Å². The summed E-state index contributed by atoms with van der Waals surface area (Å²) in [6.07, 6.45) is 2.76. The van der Waals surface area contributed by atoms with Crippen LogP contribution in [0, 0.1) is 17.6 Å². The van der Waals surface area contributed by atoms with Crippen molar-refractivity contribution in [1.82, 2.24) is 14.7 Å². The van der Waals surface area contributed by atoms with Crippen LogP contribution in [0.2, 0.25) is 0 Å². The van der Waals surface area contributed by atoms with Gasteiger partial charge >= 0.3 is 0 Å². The van der Waals surface area contributed by atoms with E-state index in [0.717, 1.165) is 43.6 Å². The minimum absolute atomic E-state index is 0.125. The largest absolute Gasteiger partial charge is 0.381 e. The number of amides is 1. The summed E-state index contributed by atoms with van der Waals surface area (Å²) in [6.45, 7) is 8.51. The van der Waals surface area contributed by atoms with Crippen LogP contribution in [0.4, 0.5) is 8.78 Å². The molecule has 2 aromatic carbocycles. The van der Waals surface area contributed by atoms with Gasteiger partial charge in [-0.2, -0.15) is 0 Å². The van der Waals surface area contributed by atoms with Crippen molar-refractivity contribution < 1.29 is 18.3 Å². The Morgan fingerprint density at radius 2 is 1.42 bits per heavy atom. The molecule has 0 bridgehead atoms. The van der Waals surface area contributed by atoms with E-state index < -0.39 is 0 Å². The Bertz CT molecular complexity index is 924. The summed E-state index contributed by atoms with van der Waals surface area (Å²) in [5, 5.41) is 0. The monoisotopic (exact) mass is 499 g/mol. The summed E-state index contributed by atoms with van der Waals surface area (Å²) in [4.78, 5) is 20.4. The Labute approximate surface area is 214 Å². The highest BCUT2D eigenvalue weighted by atomic mass is 19.1. The third kappa shape index (κ3) is 6.50. The van der Waals surface area contributed by atoms with E-state index in [1.807, 2.05) is 4.90 Å². The predicted octanol–water partition coefficient (Wildman–Crippen LogP) is 4.72. The van der Waals surface area contributed by atoms with E-state index in [4.69, 9.17) is 4.74 Å². The van der Waals surface area contributed by atoms with Crippen molar-refractivity contribution in [3.8, 4) is 0 Å². The molecule has 0 unspecified atom stereocenters. The van der Waals surface area contributed by atoms with Crippen LogP contribution < -0.4 is 0 Å². The third-order valence-corrected chi connectivity index (χ3v) is 7.60. The van der Waals surface area contributed by atoms with Gasteiger partial charge in [-0.25, -0.2) is 8.78 Å². The van der Waals surface area contributed by atoms with E-state index in [2.05, 4.69) is 30.7 Å². The quantitative estimate of drug-likeness (QED) is 0.527. The molecule has 7 heteroatoms. The van der Waals surface area contributed by atoms with Gasteiger partial charge in [0.05, 0.1) is 12.1 Å². The van der Waals surface area contributed by atoms with Crippen LogP contribution in [0.25, 0.3) is 0 Å². The Morgan fingerprint density at radius 3 is 1.89 bits per heavy atom. The SMILES string of the molecule is CC(C)C[C@@H](C(=O)N1CCN(C(c2ccc(F)cc2)c2ccc(F)cc2)CC1)N(C)C1CCOCC1. The molecular weight excluding hydrogens is 460 g/mol. The first kappa shape index (κ1) is 26.7. The van der Waals surface area contributed by atoms with E-state index in [9.17, 15) is 13.6 Å². The Kier molecular flexibility index (Phi) is 9.09. The molecule has 0 aliphatic carbocycles. The number of likely N-dealkylation sites (N-methyl/N-ethyl adjacent to an activating group) is 1. The minimum Gasteiger partial charge on any atom is -0.381 e. The van der Waals surface area contributed by atoms with Gasteiger partial charge in [0, 0.05) is 45.4 Å². The van der Waals surface area contributed by atoms with E-state index in [1.165, 1.54) is 24.3 Å². The van der Waals surface area contributed by atoms with E-state index in [-0.39, 0.29) is 29.6 Å². The molecule has 4 rings (SSSR count). The molecule has 2 aromatic rings. The first-order chi connectivity index (χ1) is 17.3. The average molecular weight is 500 g/mol. The Hall–Kier alpha value is -2.35. The lowest BCUT2D eigenvalue weighted by Crippen LogP contribution is -2.57. The number of rotatable bonds is 8. The van der Waals surface area contributed by atoms with Gasteiger partial charge in [-0.15, -0.1) is 0 Å². The molecule has 2 fully saturated rings. The van der Waals surface area contributed by atoms with Crippen LogP contribution in [0.15, 0.2) is 48.5 Å². The van der Waals surface area contributed by atoms with Crippen LogP contribution in [0.5, 0.6) is 0 Å². The van der Waals surface area contributed by atoms with E-state index in [0.29, 0.717) is 38.1 Å². The number of carbonyl (C=O) groups excluding carboxylic acids is 1. The minimum atomic E-state index is -0.281. The first-order valence-electron chi connectivity index (χ1n) is 13.2. The standard InChI is InChI=1S/C29H39F2N3O2/c1-21(2)20-27(32(3)26-12-18-36-19-13-26)29(35)34-16-14-33(15-17-34)28(22-4-8-24(30)9-5-22)23-6-10-25(31)11-7-23/h4-11,21,26-28H,12-20H2,1-3H3/t27-/m0/s1. The molecular formula is C29H39F2N3O2. The Balaban J connectivity index is 1.48. The molecule has 36 heavy (non-hydrogen) atoms. The second-order valence-electron chi connectivity index (χ2n) is 10.5. The van der Waals surface area contributed by atoms with Gasteiger partial charge in [0.15, 0.2) is 0 Å². The lowest BCUT2D eigenvalue weighted by molar-refractivity contribution is -0.141. The molecule has 0 N–H and O–H groups in total. The van der Waals surface area contributed by atoms with Gasteiger partial charge in [-0.3, -0.25) is 14.6 Å². The molecule has 1 atom stereocenters. The highest BCUT2D eigenvalue weighted by Crippen LogP contribution is 2.30. The second-order valence-corrected chi connectivity index (χ2v) is 10.5. The molecule has 2 heterocycles. The second kappa shape index (κ2) is 12.3. The summed E-state index contributed by atoms with van der Waals surface area (Å²) in [5.74, 6) is 0.0649. The first-order valence-corrected chi connectivity index (χ1v) is 13.2. The van der Waals surface area contributed by atoms with Crippen LogP contribution in [0.1, 0.15) is 50.3 Å². The van der Waals surface area contributed by atoms with Crippen molar-refractivity contribution in [2.24, 2.45) is 5.92 Å². The van der Waals surface area contributed by atoms with Crippen molar-refractivity contribution in [2.75, 3.05) is 46.4 Å². The molecule has 0 saturated carbocycles. The van der Waals surface area contributed by atoms with Crippen molar-refractivity contribution in [3.63, 3.8) is 0 Å². The van der Waals surface area contributed by atoms with Crippen molar-refractivity contribution in [1.29, 1.82) is 0 Å². The highest BCUT2D eigenvalue weighted by Gasteiger charge is 2.35. The molecule has 1 amide bonds. The maximum Gasteiger partial charge on any atom is 0.240 e. The lowest BCUT2D eigenvalue weighted by atomic mass is 9.95. The number of halogens is 2. The van der Waals surface area contributed by atoms with E-state index in [1.54, 1.807) is 24.3 Å². The zero-order valence-corrected chi connectivity index (χ0v) is 21.7. The summed E-state index contributed by atoms with van der Waals surface area (Å²) < 4.78 is 32.8. The summed E-state index contributed by atoms with van der Waals surface area (Å²) in [6, 6.07) is 13.2. The maximum absolute atomic E-state index is 13.8. The van der Waals surface area contributed by atoms with Crippen LogP contribution in [-0.4, -0.2) is 79.1 Å². The normalized spacial score (nSPS) is 18.8. The molecule has 2 aliphatic heterocycles. The Morgan fingerprint density at radius 1 is 0.917 bits per heavy atom. The zero-order valence-electron chi connectivity index (χ0n) is 21.7. The predicted molar refractivity (Wildman–Crippen MR) is 138 cm³/mol. The smallest absolute Gasteiger partial charge is 0.240 e. The fourth-order valence-corrected chi connectivity index (χ4v) is 5.55. The summed E-state index contributed by atoms with van der Waals surface area (Å²) in [5.41, 5.74) is 1.92. The van der Waals surface area contributed by atoms with Crippen molar-refractivity contribution in [3.05, 3.63) is 71.3 Å². The van der Waals surface area contributed by atoms with Gasteiger partial charge in [0.25, 0.3) is 0 Å². The van der Waals surface area contributed by atoms with Gasteiger partial charge in [-0.1, -0.05) is 38.1 Å². The topological polar surface area (TPSA) is 36.0 Å². The average Bonchev–Trinajstić information content (AvgIpc) is 2.89. The molecule has 2 aliphatic rings. The lowest BCUT2D eigenvalue weighted by Gasteiger charge is -2.43. The van der Waals surface area contributed by atoms with Crippen LogP contribution in [-0.2, 0) is 9.53 Å². The number of hydrogen-bond acceptors (Lipinski definition) is 4. The molecule has 196 valence electrons. The van der Waals surface area contributed by atoms with Crippen LogP contribution in [0.3, 0.4) is 0 Å². The van der Waals surface area contributed by atoms with E-state index >= 15 is 0 Å². The fourth-order valence-electron chi connectivity index (χ4n) is 5.55. The third-order valence-electron chi connectivity index (χ3n) is 7.60. The van der Waals surface area contributed by atoms with Gasteiger partial charge < -0.3 is 9.64 Å². The number of carbonyl (C=O) groups is 1. The summed E-state index contributed by atoms with van der Waals surface area (Å²) >= 11 is 0. The maximum atomic E-state index is 13.8. The number of nitrogens with zero attached hydrogens (tertiary/aromatic N) is 3. The number of piperazine rings is 1.